The Labute approximate surface area is 213 Å². The van der Waals surface area contributed by atoms with E-state index in [1.807, 2.05) is 0 Å². The largest absolute Gasteiger partial charge is 0.444 e. The van der Waals surface area contributed by atoms with E-state index in [2.05, 4.69) is 10.3 Å². The van der Waals surface area contributed by atoms with Gasteiger partial charge in [-0.25, -0.2) is 14.2 Å². The van der Waals surface area contributed by atoms with Crippen molar-refractivity contribution in [3.8, 4) is 11.1 Å². The summed E-state index contributed by atoms with van der Waals surface area (Å²) in [5, 5.41) is 2.48. The number of aromatic nitrogens is 1. The molecule has 3 rings (SSSR count). The van der Waals surface area contributed by atoms with Crippen molar-refractivity contribution >= 4 is 29.5 Å². The molecule has 3 amide bonds. The van der Waals surface area contributed by atoms with E-state index in [9.17, 15) is 18.8 Å². The number of ether oxygens (including phenoxy) is 1. The average molecular weight is 523 g/mol. The molecule has 1 fully saturated rings. The summed E-state index contributed by atoms with van der Waals surface area (Å²) in [6.45, 7) is 8.62. The van der Waals surface area contributed by atoms with Crippen LogP contribution in [0, 0.1) is 11.8 Å². The highest BCUT2D eigenvalue weighted by molar-refractivity contribution is 6.31. The molecule has 2 atom stereocenters. The molecular formula is C25H29ClF2N4O4. The number of carbonyl (C=O) groups is 3. The van der Waals surface area contributed by atoms with E-state index >= 15 is 4.39 Å². The molecule has 0 saturated carbocycles. The van der Waals surface area contributed by atoms with Crippen molar-refractivity contribution in [3.05, 3.63) is 52.3 Å². The fourth-order valence-electron chi connectivity index (χ4n) is 4.28. The minimum Gasteiger partial charge on any atom is -0.444 e. The standard InChI is InChI=1S/C25H29ClF2N4O4/c1-13-22(32(14(2)33)8-7-31(13)24(35)36-25(3,4)5)18-12-16(26)11-17(21(18)28)15-9-19(23(34)29-6)30-20(27)10-15/h9-13,22H,7-8H2,1-6H3,(H,29,34)/t13-,22+/m1/s1. The van der Waals surface area contributed by atoms with Gasteiger partial charge in [-0.3, -0.25) is 9.59 Å². The number of hydrogen-bond donors (Lipinski definition) is 1. The van der Waals surface area contributed by atoms with Crippen LogP contribution in [-0.4, -0.2) is 64.5 Å². The second-order valence-electron chi connectivity index (χ2n) is 9.57. The maximum Gasteiger partial charge on any atom is 0.410 e. The SMILES string of the molecule is CNC(=O)c1cc(-c2cc(Cl)cc([C@@H]3[C@@H](C)N(C(=O)OC(C)(C)C)CCN3C(C)=O)c2F)cc(F)n1. The molecular weight excluding hydrogens is 494 g/mol. The first kappa shape index (κ1) is 27.3. The van der Waals surface area contributed by atoms with E-state index in [0.29, 0.717) is 0 Å². The fourth-order valence-corrected chi connectivity index (χ4v) is 4.51. The van der Waals surface area contributed by atoms with Crippen LogP contribution in [0.5, 0.6) is 0 Å². The third-order valence-electron chi connectivity index (χ3n) is 5.85. The summed E-state index contributed by atoms with van der Waals surface area (Å²) in [6.07, 6.45) is -0.586. The lowest BCUT2D eigenvalue weighted by atomic mass is 9.91. The van der Waals surface area contributed by atoms with E-state index in [1.54, 1.807) is 27.7 Å². The Hall–Kier alpha value is -3.27. The van der Waals surface area contributed by atoms with Gasteiger partial charge in [-0.15, -0.1) is 0 Å². The zero-order valence-electron chi connectivity index (χ0n) is 21.0. The molecule has 194 valence electrons. The second-order valence-corrected chi connectivity index (χ2v) is 10.0. The molecule has 1 saturated heterocycles. The van der Waals surface area contributed by atoms with Gasteiger partial charge in [-0.2, -0.15) is 4.39 Å². The number of amides is 3. The molecule has 0 unspecified atom stereocenters. The third-order valence-corrected chi connectivity index (χ3v) is 6.07. The van der Waals surface area contributed by atoms with Crippen LogP contribution < -0.4 is 5.32 Å². The van der Waals surface area contributed by atoms with Crippen LogP contribution in [0.1, 0.15) is 56.7 Å². The molecule has 1 aromatic heterocycles. The molecule has 2 aromatic rings. The van der Waals surface area contributed by atoms with Crippen LogP contribution in [-0.2, 0) is 9.53 Å². The molecule has 1 N–H and O–H groups in total. The molecule has 1 aliphatic heterocycles. The highest BCUT2D eigenvalue weighted by Crippen LogP contribution is 2.38. The number of halogens is 3. The van der Waals surface area contributed by atoms with Crippen molar-refractivity contribution in [3.63, 3.8) is 0 Å². The molecule has 0 aliphatic carbocycles. The zero-order chi connectivity index (χ0) is 26.9. The zero-order valence-corrected chi connectivity index (χ0v) is 21.7. The summed E-state index contributed by atoms with van der Waals surface area (Å²) < 4.78 is 35.9. The second kappa shape index (κ2) is 10.4. The Kier molecular flexibility index (Phi) is 7.88. The summed E-state index contributed by atoms with van der Waals surface area (Å²) >= 11 is 6.36. The molecule has 36 heavy (non-hydrogen) atoms. The van der Waals surface area contributed by atoms with Crippen LogP contribution in [0.15, 0.2) is 24.3 Å². The fraction of sp³-hybridized carbons (Fsp3) is 0.440. The maximum atomic E-state index is 16.1. The molecule has 8 nitrogen and oxygen atoms in total. The number of benzene rings is 1. The number of hydrogen-bond acceptors (Lipinski definition) is 5. The summed E-state index contributed by atoms with van der Waals surface area (Å²) in [5.74, 6) is -2.69. The topological polar surface area (TPSA) is 91.8 Å². The van der Waals surface area contributed by atoms with Crippen LogP contribution in [0.25, 0.3) is 11.1 Å². The Morgan fingerprint density at radius 1 is 1.11 bits per heavy atom. The predicted octanol–water partition coefficient (Wildman–Crippen LogP) is 4.57. The van der Waals surface area contributed by atoms with Crippen molar-refractivity contribution in [2.75, 3.05) is 20.1 Å². The summed E-state index contributed by atoms with van der Waals surface area (Å²) in [5.41, 5.74) is -0.960. The van der Waals surface area contributed by atoms with Crippen molar-refractivity contribution in [2.24, 2.45) is 0 Å². The highest BCUT2D eigenvalue weighted by atomic mass is 35.5. The lowest BCUT2D eigenvalue weighted by Crippen LogP contribution is -2.57. The van der Waals surface area contributed by atoms with Gasteiger partial charge in [0.05, 0.1) is 12.1 Å². The van der Waals surface area contributed by atoms with E-state index in [0.717, 1.165) is 6.07 Å². The molecule has 0 bridgehead atoms. The number of nitrogens with zero attached hydrogens (tertiary/aromatic N) is 3. The van der Waals surface area contributed by atoms with Crippen LogP contribution in [0.3, 0.4) is 0 Å². The lowest BCUT2D eigenvalue weighted by Gasteiger charge is -2.46. The Bertz CT molecular complexity index is 1200. The highest BCUT2D eigenvalue weighted by Gasteiger charge is 2.41. The monoisotopic (exact) mass is 522 g/mol. The first-order chi connectivity index (χ1) is 16.7. The molecule has 1 aromatic carbocycles. The molecule has 2 heterocycles. The number of carbonyl (C=O) groups excluding carboxylic acids is 3. The number of pyridine rings is 1. The van der Waals surface area contributed by atoms with Gasteiger partial charge in [-0.1, -0.05) is 11.6 Å². The first-order valence-corrected chi connectivity index (χ1v) is 11.8. The third kappa shape index (κ3) is 5.75. The smallest absolute Gasteiger partial charge is 0.410 e. The van der Waals surface area contributed by atoms with Gasteiger partial charge in [0.1, 0.15) is 17.1 Å². The van der Waals surface area contributed by atoms with Gasteiger partial charge in [0, 0.05) is 49.3 Å². The van der Waals surface area contributed by atoms with E-state index < -0.39 is 41.5 Å². The number of piperazine rings is 1. The summed E-state index contributed by atoms with van der Waals surface area (Å²) in [7, 11) is 1.36. The minimum atomic E-state index is -0.973. The maximum absolute atomic E-state index is 16.1. The molecule has 0 spiro atoms. The van der Waals surface area contributed by atoms with E-state index in [4.69, 9.17) is 16.3 Å². The van der Waals surface area contributed by atoms with Gasteiger partial charge in [0.2, 0.25) is 11.9 Å². The Morgan fingerprint density at radius 3 is 2.33 bits per heavy atom. The van der Waals surface area contributed by atoms with Gasteiger partial charge in [-0.05, 0) is 51.5 Å². The summed E-state index contributed by atoms with van der Waals surface area (Å²) in [4.78, 5) is 43.9. The molecule has 0 radical (unpaired) electrons. The number of nitrogens with one attached hydrogen (secondary N) is 1. The van der Waals surface area contributed by atoms with Crippen molar-refractivity contribution in [1.29, 1.82) is 0 Å². The van der Waals surface area contributed by atoms with Crippen LogP contribution >= 0.6 is 11.6 Å². The van der Waals surface area contributed by atoms with Crippen molar-refractivity contribution in [1.82, 2.24) is 20.1 Å². The quantitative estimate of drug-likeness (QED) is 0.596. The van der Waals surface area contributed by atoms with Gasteiger partial charge in [0.25, 0.3) is 5.91 Å². The average Bonchev–Trinajstić information content (AvgIpc) is 2.77. The molecule has 1 aliphatic rings. The minimum absolute atomic E-state index is 0.0455. The van der Waals surface area contributed by atoms with E-state index in [-0.39, 0.29) is 46.4 Å². The van der Waals surface area contributed by atoms with Crippen LogP contribution in [0.2, 0.25) is 5.02 Å². The Morgan fingerprint density at radius 2 is 1.75 bits per heavy atom. The van der Waals surface area contributed by atoms with Gasteiger partial charge in [0.15, 0.2) is 0 Å². The first-order valence-electron chi connectivity index (χ1n) is 11.4. The van der Waals surface area contributed by atoms with Gasteiger partial charge >= 0.3 is 6.09 Å². The Balaban J connectivity index is 2.14. The normalized spacial score (nSPS) is 18.1. The molecule has 11 heteroatoms. The van der Waals surface area contributed by atoms with E-state index in [1.165, 1.54) is 42.0 Å². The summed E-state index contributed by atoms with van der Waals surface area (Å²) in [6, 6.07) is 3.36. The van der Waals surface area contributed by atoms with Crippen LogP contribution in [0.4, 0.5) is 13.6 Å². The van der Waals surface area contributed by atoms with Crippen molar-refractivity contribution in [2.45, 2.75) is 52.3 Å². The van der Waals surface area contributed by atoms with Crippen molar-refractivity contribution < 1.29 is 27.9 Å². The predicted molar refractivity (Wildman–Crippen MR) is 131 cm³/mol. The lowest BCUT2D eigenvalue weighted by molar-refractivity contribution is -0.136. The number of rotatable bonds is 3. The van der Waals surface area contributed by atoms with Gasteiger partial charge < -0.3 is 19.9 Å².